The largest absolute Gasteiger partial charge is 0.505 e. The molecule has 1 heterocycles. The zero-order valence-corrected chi connectivity index (χ0v) is 16.5. The molecular weight excluding hydrogens is 376 g/mol. The molecule has 1 fully saturated rings. The fourth-order valence-corrected chi connectivity index (χ4v) is 4.44. The first kappa shape index (κ1) is 19.4. The topological polar surface area (TPSA) is 62.5 Å². The smallest absolute Gasteiger partial charge is 0.306 e. The normalized spacial score (nSPS) is 19.0. The highest BCUT2D eigenvalue weighted by Crippen LogP contribution is 2.49. The first-order chi connectivity index (χ1) is 13.7. The lowest BCUT2D eigenvalue weighted by Gasteiger charge is -2.34. The SMILES string of the molecule is Cc1cc(-n2c(C(C)C)c(C3CC(C(=O)O)C3)c3cc(O)c(F)cc32)ccc1F. The Morgan fingerprint density at radius 3 is 2.41 bits per heavy atom. The van der Waals surface area contributed by atoms with Gasteiger partial charge in [-0.1, -0.05) is 13.8 Å². The monoisotopic (exact) mass is 399 g/mol. The van der Waals surface area contributed by atoms with E-state index in [1.165, 1.54) is 18.2 Å². The van der Waals surface area contributed by atoms with E-state index in [9.17, 15) is 23.8 Å². The number of phenols is 1. The molecule has 2 N–H and O–H groups in total. The number of aliphatic carboxylic acids is 1. The van der Waals surface area contributed by atoms with Crippen LogP contribution in [0.2, 0.25) is 0 Å². The second-order valence-corrected chi connectivity index (χ2v) is 8.25. The fraction of sp³-hybridized carbons (Fsp3) is 0.348. The molecule has 6 heteroatoms. The van der Waals surface area contributed by atoms with E-state index in [0.717, 1.165) is 11.3 Å². The second-order valence-electron chi connectivity index (χ2n) is 8.25. The van der Waals surface area contributed by atoms with Gasteiger partial charge in [-0.2, -0.15) is 0 Å². The molecule has 0 spiro atoms. The summed E-state index contributed by atoms with van der Waals surface area (Å²) in [6, 6.07) is 7.48. The molecule has 4 rings (SSSR count). The summed E-state index contributed by atoms with van der Waals surface area (Å²) < 4.78 is 30.1. The molecule has 4 nitrogen and oxygen atoms in total. The first-order valence-corrected chi connectivity index (χ1v) is 9.75. The van der Waals surface area contributed by atoms with Crippen LogP contribution in [0.4, 0.5) is 8.78 Å². The molecule has 1 aliphatic rings. The number of aromatic nitrogens is 1. The van der Waals surface area contributed by atoms with Crippen molar-refractivity contribution in [2.45, 2.75) is 45.4 Å². The Morgan fingerprint density at radius 1 is 1.14 bits per heavy atom. The Bertz CT molecular complexity index is 1130. The molecule has 0 bridgehead atoms. The van der Waals surface area contributed by atoms with Crippen molar-refractivity contribution in [3.8, 4) is 11.4 Å². The van der Waals surface area contributed by atoms with Crippen molar-refractivity contribution < 1.29 is 23.8 Å². The van der Waals surface area contributed by atoms with Crippen molar-refractivity contribution in [2.75, 3.05) is 0 Å². The number of hydrogen-bond donors (Lipinski definition) is 2. The van der Waals surface area contributed by atoms with E-state index in [1.807, 2.05) is 18.4 Å². The minimum absolute atomic E-state index is 0.0173. The van der Waals surface area contributed by atoms with Crippen molar-refractivity contribution in [1.29, 1.82) is 0 Å². The quantitative estimate of drug-likeness (QED) is 0.598. The predicted octanol–water partition coefficient (Wildman–Crippen LogP) is 5.62. The van der Waals surface area contributed by atoms with Gasteiger partial charge in [0.15, 0.2) is 11.6 Å². The van der Waals surface area contributed by atoms with Gasteiger partial charge in [-0.3, -0.25) is 4.79 Å². The first-order valence-electron chi connectivity index (χ1n) is 9.75. The molecule has 29 heavy (non-hydrogen) atoms. The van der Waals surface area contributed by atoms with Gasteiger partial charge in [-0.15, -0.1) is 0 Å². The van der Waals surface area contributed by atoms with Gasteiger partial charge in [0, 0.05) is 22.8 Å². The van der Waals surface area contributed by atoms with E-state index in [1.54, 1.807) is 19.1 Å². The third kappa shape index (κ3) is 3.07. The van der Waals surface area contributed by atoms with Gasteiger partial charge in [-0.25, -0.2) is 8.78 Å². The number of carboxylic acid groups (broad SMARTS) is 1. The number of carboxylic acids is 1. The van der Waals surface area contributed by atoms with Gasteiger partial charge in [0.05, 0.1) is 11.4 Å². The van der Waals surface area contributed by atoms with Gasteiger partial charge >= 0.3 is 5.97 Å². The van der Waals surface area contributed by atoms with Crippen LogP contribution in [0.1, 0.15) is 55.3 Å². The Hall–Kier alpha value is -2.89. The Kier molecular flexibility index (Phi) is 4.60. The molecule has 0 atom stereocenters. The molecule has 3 aromatic rings. The van der Waals surface area contributed by atoms with Gasteiger partial charge in [-0.05, 0) is 67.0 Å². The maximum atomic E-state index is 14.3. The number of rotatable bonds is 4. The van der Waals surface area contributed by atoms with E-state index in [2.05, 4.69) is 0 Å². The van der Waals surface area contributed by atoms with E-state index in [0.29, 0.717) is 35.0 Å². The van der Waals surface area contributed by atoms with Crippen LogP contribution in [-0.2, 0) is 4.79 Å². The van der Waals surface area contributed by atoms with Crippen molar-refractivity contribution in [1.82, 2.24) is 4.57 Å². The Morgan fingerprint density at radius 2 is 1.83 bits per heavy atom. The van der Waals surface area contributed by atoms with Crippen LogP contribution in [0.25, 0.3) is 16.6 Å². The van der Waals surface area contributed by atoms with Crippen molar-refractivity contribution in [3.63, 3.8) is 0 Å². The Labute approximate surface area is 167 Å². The van der Waals surface area contributed by atoms with Crippen LogP contribution >= 0.6 is 0 Å². The third-order valence-corrected chi connectivity index (χ3v) is 5.96. The number of phenolic OH excluding ortho intramolecular Hbond substituents is 1. The Balaban J connectivity index is 2.01. The average Bonchev–Trinajstić information content (AvgIpc) is 2.90. The highest BCUT2D eigenvalue weighted by Gasteiger charge is 2.39. The molecule has 0 saturated heterocycles. The second kappa shape index (κ2) is 6.87. The molecular formula is C23H23F2NO3. The van der Waals surface area contributed by atoms with Crippen LogP contribution in [0.5, 0.6) is 5.75 Å². The number of hydrogen-bond acceptors (Lipinski definition) is 2. The molecule has 2 aromatic carbocycles. The fourth-order valence-electron chi connectivity index (χ4n) is 4.44. The van der Waals surface area contributed by atoms with Crippen LogP contribution in [0.15, 0.2) is 30.3 Å². The van der Waals surface area contributed by atoms with E-state index >= 15 is 0 Å². The van der Waals surface area contributed by atoms with Crippen molar-refractivity contribution >= 4 is 16.9 Å². The number of fused-ring (bicyclic) bond motifs is 1. The highest BCUT2D eigenvalue weighted by atomic mass is 19.1. The number of nitrogens with zero attached hydrogens (tertiary/aromatic N) is 1. The maximum Gasteiger partial charge on any atom is 0.306 e. The summed E-state index contributed by atoms with van der Waals surface area (Å²) in [5.74, 6) is -2.60. The van der Waals surface area contributed by atoms with Gasteiger partial charge < -0.3 is 14.8 Å². The van der Waals surface area contributed by atoms with E-state index < -0.39 is 17.5 Å². The lowest BCUT2D eigenvalue weighted by atomic mass is 9.70. The summed E-state index contributed by atoms with van der Waals surface area (Å²) in [6.45, 7) is 5.72. The summed E-state index contributed by atoms with van der Waals surface area (Å²) in [6.07, 6.45) is 1.02. The zero-order valence-electron chi connectivity index (χ0n) is 16.5. The maximum absolute atomic E-state index is 14.3. The molecule has 152 valence electrons. The molecule has 0 amide bonds. The van der Waals surface area contributed by atoms with Crippen LogP contribution in [-0.4, -0.2) is 20.7 Å². The summed E-state index contributed by atoms with van der Waals surface area (Å²) in [5.41, 5.74) is 3.66. The number of halogens is 2. The third-order valence-electron chi connectivity index (χ3n) is 5.96. The van der Waals surface area contributed by atoms with Crippen LogP contribution in [0, 0.1) is 24.5 Å². The van der Waals surface area contributed by atoms with Crippen molar-refractivity contribution in [2.24, 2.45) is 5.92 Å². The minimum Gasteiger partial charge on any atom is -0.505 e. The summed E-state index contributed by atoms with van der Waals surface area (Å²) in [4.78, 5) is 11.3. The van der Waals surface area contributed by atoms with E-state index in [-0.39, 0.29) is 23.6 Å². The average molecular weight is 399 g/mol. The predicted molar refractivity (Wildman–Crippen MR) is 107 cm³/mol. The number of benzene rings is 2. The van der Waals surface area contributed by atoms with Crippen LogP contribution in [0.3, 0.4) is 0 Å². The standard InChI is InChI=1S/C23H23F2NO3/c1-11(2)22-21(13-7-14(8-13)23(28)29)16-9-20(27)18(25)10-19(16)26(22)15-4-5-17(24)12(3)6-15/h4-6,9-11,13-14,27H,7-8H2,1-3H3,(H,28,29). The summed E-state index contributed by atoms with van der Waals surface area (Å²) in [7, 11) is 0. The number of aryl methyl sites for hydroxylation is 1. The zero-order chi connectivity index (χ0) is 21.0. The van der Waals surface area contributed by atoms with Crippen LogP contribution < -0.4 is 0 Å². The highest BCUT2D eigenvalue weighted by molar-refractivity contribution is 5.90. The molecule has 0 radical (unpaired) electrons. The molecule has 1 aliphatic carbocycles. The van der Waals surface area contributed by atoms with Crippen molar-refractivity contribution in [3.05, 3.63) is 58.8 Å². The van der Waals surface area contributed by atoms with Gasteiger partial charge in [0.1, 0.15) is 5.82 Å². The molecule has 0 aliphatic heterocycles. The number of aromatic hydroxyl groups is 1. The molecule has 1 saturated carbocycles. The molecule has 0 unspecified atom stereocenters. The lowest BCUT2D eigenvalue weighted by molar-refractivity contribution is -0.145. The lowest BCUT2D eigenvalue weighted by Crippen LogP contribution is -2.29. The number of carbonyl (C=O) groups is 1. The van der Waals surface area contributed by atoms with E-state index in [4.69, 9.17) is 0 Å². The van der Waals surface area contributed by atoms with Gasteiger partial charge in [0.25, 0.3) is 0 Å². The molecule has 1 aromatic heterocycles. The minimum atomic E-state index is -0.806. The summed E-state index contributed by atoms with van der Waals surface area (Å²) >= 11 is 0. The summed E-state index contributed by atoms with van der Waals surface area (Å²) in [5, 5.41) is 20.0. The van der Waals surface area contributed by atoms with Gasteiger partial charge in [0.2, 0.25) is 0 Å².